The molecule has 2 aromatic rings. The van der Waals surface area contributed by atoms with E-state index in [1.165, 1.54) is 31.4 Å². The summed E-state index contributed by atoms with van der Waals surface area (Å²) < 4.78 is 36.3. The second-order valence-corrected chi connectivity index (χ2v) is 8.01. The van der Waals surface area contributed by atoms with Gasteiger partial charge in [0.1, 0.15) is 12.3 Å². The molecule has 156 valence electrons. The van der Waals surface area contributed by atoms with E-state index in [4.69, 9.17) is 4.74 Å². The quantitative estimate of drug-likeness (QED) is 0.451. The van der Waals surface area contributed by atoms with Gasteiger partial charge in [-0.2, -0.15) is 4.72 Å². The van der Waals surface area contributed by atoms with Gasteiger partial charge in [-0.15, -0.1) is 0 Å². The minimum Gasteiger partial charge on any atom is -0.494 e. The maximum absolute atomic E-state index is 12.1. The third-order valence-electron chi connectivity index (χ3n) is 3.89. The van der Waals surface area contributed by atoms with Crippen LogP contribution in [0, 0.1) is 6.92 Å². The lowest BCUT2D eigenvalue weighted by atomic mass is 10.2. The Kier molecular flexibility index (Phi) is 8.17. The van der Waals surface area contributed by atoms with Crippen molar-refractivity contribution in [3.05, 3.63) is 54.1 Å². The molecule has 0 saturated carbocycles. The molecule has 0 fully saturated rings. The number of carbonyl (C=O) groups excluding carboxylic acids is 2. The standard InChI is InChI=1S/C20H24N2O6S/c1-15-5-3-6-17(13-15)28-12-4-7-19(23)22-16-8-10-18(11-9-16)29(25,26)21-14-20(24)27-2/h3,5-6,8-11,13,21H,4,7,12,14H2,1-2H3,(H,22,23). The average molecular weight is 420 g/mol. The van der Waals surface area contributed by atoms with Crippen LogP contribution in [0.25, 0.3) is 0 Å². The molecule has 2 N–H and O–H groups in total. The minimum atomic E-state index is -3.84. The SMILES string of the molecule is COC(=O)CNS(=O)(=O)c1ccc(NC(=O)CCCOc2cccc(C)c2)cc1. The molecule has 0 heterocycles. The first-order valence-electron chi connectivity index (χ1n) is 8.96. The molecule has 2 aromatic carbocycles. The van der Waals surface area contributed by atoms with E-state index in [1.807, 2.05) is 31.2 Å². The Morgan fingerprint density at radius 2 is 1.79 bits per heavy atom. The Balaban J connectivity index is 1.78. The van der Waals surface area contributed by atoms with Gasteiger partial charge >= 0.3 is 5.97 Å². The fourth-order valence-corrected chi connectivity index (χ4v) is 3.35. The number of carbonyl (C=O) groups is 2. The van der Waals surface area contributed by atoms with Crippen LogP contribution >= 0.6 is 0 Å². The molecule has 1 amide bonds. The Bertz CT molecular complexity index is 942. The summed E-state index contributed by atoms with van der Waals surface area (Å²) in [4.78, 5) is 23.1. The number of methoxy groups -OCH3 is 1. The Morgan fingerprint density at radius 3 is 2.45 bits per heavy atom. The molecule has 9 heteroatoms. The monoisotopic (exact) mass is 420 g/mol. The number of sulfonamides is 1. The molecule has 0 aliphatic rings. The predicted molar refractivity (Wildman–Crippen MR) is 108 cm³/mol. The molecule has 0 atom stereocenters. The van der Waals surface area contributed by atoms with E-state index in [-0.39, 0.29) is 17.2 Å². The Morgan fingerprint density at radius 1 is 1.07 bits per heavy atom. The molecule has 0 aromatic heterocycles. The van der Waals surface area contributed by atoms with Gasteiger partial charge in [-0.1, -0.05) is 12.1 Å². The van der Waals surface area contributed by atoms with Crippen LogP contribution in [0.5, 0.6) is 5.75 Å². The molecule has 0 unspecified atom stereocenters. The zero-order valence-electron chi connectivity index (χ0n) is 16.3. The topological polar surface area (TPSA) is 111 Å². The van der Waals surface area contributed by atoms with Gasteiger partial charge in [-0.3, -0.25) is 9.59 Å². The van der Waals surface area contributed by atoms with Crippen LogP contribution in [0.4, 0.5) is 5.69 Å². The van der Waals surface area contributed by atoms with Crippen molar-refractivity contribution in [1.29, 1.82) is 0 Å². The van der Waals surface area contributed by atoms with Crippen molar-refractivity contribution in [3.63, 3.8) is 0 Å². The predicted octanol–water partition coefficient (Wildman–Crippen LogP) is 2.24. The number of nitrogens with one attached hydrogen (secondary N) is 2. The number of benzene rings is 2. The van der Waals surface area contributed by atoms with Crippen molar-refractivity contribution in [2.24, 2.45) is 0 Å². The van der Waals surface area contributed by atoms with Crippen molar-refractivity contribution < 1.29 is 27.5 Å². The van der Waals surface area contributed by atoms with Crippen molar-refractivity contribution in [2.45, 2.75) is 24.7 Å². The molecule has 8 nitrogen and oxygen atoms in total. The van der Waals surface area contributed by atoms with Gasteiger partial charge in [0.05, 0.1) is 18.6 Å². The van der Waals surface area contributed by atoms with Gasteiger partial charge in [0.15, 0.2) is 0 Å². The molecular formula is C20H24N2O6S. The van der Waals surface area contributed by atoms with E-state index in [2.05, 4.69) is 14.8 Å². The minimum absolute atomic E-state index is 0.0223. The molecule has 0 bridgehead atoms. The summed E-state index contributed by atoms with van der Waals surface area (Å²) >= 11 is 0. The molecule has 0 saturated heterocycles. The number of hydrogen-bond acceptors (Lipinski definition) is 6. The number of ether oxygens (including phenoxy) is 2. The fourth-order valence-electron chi connectivity index (χ4n) is 2.38. The third-order valence-corrected chi connectivity index (χ3v) is 5.31. The molecular weight excluding hydrogens is 396 g/mol. The van der Waals surface area contributed by atoms with Crippen LogP contribution < -0.4 is 14.8 Å². The van der Waals surface area contributed by atoms with Crippen molar-refractivity contribution in [1.82, 2.24) is 4.72 Å². The number of anilines is 1. The summed E-state index contributed by atoms with van der Waals surface area (Å²) in [5, 5.41) is 2.70. The smallest absolute Gasteiger partial charge is 0.320 e. The van der Waals surface area contributed by atoms with Crippen molar-refractivity contribution in [3.8, 4) is 5.75 Å². The normalized spacial score (nSPS) is 11.0. The highest BCUT2D eigenvalue weighted by Gasteiger charge is 2.15. The van der Waals surface area contributed by atoms with Crippen LogP contribution in [0.1, 0.15) is 18.4 Å². The second kappa shape index (κ2) is 10.6. The second-order valence-electron chi connectivity index (χ2n) is 6.24. The zero-order valence-corrected chi connectivity index (χ0v) is 17.1. The van der Waals surface area contributed by atoms with E-state index in [0.29, 0.717) is 18.7 Å². The summed E-state index contributed by atoms with van der Waals surface area (Å²) in [5.74, 6) is -0.121. The summed E-state index contributed by atoms with van der Waals surface area (Å²) in [6.07, 6.45) is 0.816. The number of hydrogen-bond donors (Lipinski definition) is 2. The van der Waals surface area contributed by atoms with E-state index >= 15 is 0 Å². The van der Waals surface area contributed by atoms with E-state index in [1.54, 1.807) is 0 Å². The third kappa shape index (κ3) is 7.55. The van der Waals surface area contributed by atoms with Crippen LogP contribution in [-0.4, -0.2) is 40.6 Å². The molecule has 2 rings (SSSR count). The van der Waals surface area contributed by atoms with E-state index in [0.717, 1.165) is 11.3 Å². The summed E-state index contributed by atoms with van der Waals surface area (Å²) in [6, 6.07) is 13.3. The maximum atomic E-state index is 12.1. The summed E-state index contributed by atoms with van der Waals surface area (Å²) in [6.45, 7) is 1.94. The van der Waals surface area contributed by atoms with Crippen LogP contribution in [0.2, 0.25) is 0 Å². The first-order valence-corrected chi connectivity index (χ1v) is 10.4. The van der Waals surface area contributed by atoms with Crippen molar-refractivity contribution in [2.75, 3.05) is 25.6 Å². The van der Waals surface area contributed by atoms with Crippen LogP contribution in [0.15, 0.2) is 53.4 Å². The maximum Gasteiger partial charge on any atom is 0.320 e. The highest BCUT2D eigenvalue weighted by atomic mass is 32.2. The molecule has 29 heavy (non-hydrogen) atoms. The van der Waals surface area contributed by atoms with Gasteiger partial charge in [0, 0.05) is 12.1 Å². The van der Waals surface area contributed by atoms with Gasteiger partial charge < -0.3 is 14.8 Å². The molecule has 0 spiro atoms. The molecule has 0 aliphatic carbocycles. The lowest BCUT2D eigenvalue weighted by molar-refractivity contribution is -0.139. The van der Waals surface area contributed by atoms with E-state index < -0.39 is 22.5 Å². The zero-order chi connectivity index (χ0) is 21.3. The number of rotatable bonds is 10. The average Bonchev–Trinajstić information content (AvgIpc) is 2.70. The molecule has 0 radical (unpaired) electrons. The summed E-state index contributed by atoms with van der Waals surface area (Å²) in [7, 11) is -2.67. The lowest BCUT2D eigenvalue weighted by Crippen LogP contribution is -2.30. The van der Waals surface area contributed by atoms with Crippen LogP contribution in [-0.2, 0) is 24.3 Å². The fraction of sp³-hybridized carbons (Fsp3) is 0.300. The van der Waals surface area contributed by atoms with Gasteiger partial charge in [0.25, 0.3) is 0 Å². The number of amides is 1. The van der Waals surface area contributed by atoms with E-state index in [9.17, 15) is 18.0 Å². The summed E-state index contributed by atoms with van der Waals surface area (Å²) in [5.41, 5.74) is 1.58. The van der Waals surface area contributed by atoms with Gasteiger partial charge in [-0.25, -0.2) is 8.42 Å². The Labute approximate surface area is 170 Å². The highest BCUT2D eigenvalue weighted by Crippen LogP contribution is 2.15. The van der Waals surface area contributed by atoms with Crippen LogP contribution in [0.3, 0.4) is 0 Å². The van der Waals surface area contributed by atoms with Gasteiger partial charge in [0.2, 0.25) is 15.9 Å². The first-order chi connectivity index (χ1) is 13.8. The Hall–Kier alpha value is -2.91. The van der Waals surface area contributed by atoms with Crippen molar-refractivity contribution >= 4 is 27.6 Å². The first kappa shape index (κ1) is 22.4. The highest BCUT2D eigenvalue weighted by molar-refractivity contribution is 7.89. The number of aryl methyl sites for hydroxylation is 1. The number of esters is 1. The molecule has 0 aliphatic heterocycles. The lowest BCUT2D eigenvalue weighted by Gasteiger charge is -2.09. The largest absolute Gasteiger partial charge is 0.494 e. The van der Waals surface area contributed by atoms with Gasteiger partial charge in [-0.05, 0) is 55.3 Å².